The van der Waals surface area contributed by atoms with E-state index in [0.29, 0.717) is 0 Å². The van der Waals surface area contributed by atoms with Crippen LogP contribution in [-0.4, -0.2) is 60.3 Å². The van der Waals surface area contributed by atoms with E-state index in [1.165, 1.54) is 20.0 Å². The quantitative estimate of drug-likeness (QED) is 0.593. The van der Waals surface area contributed by atoms with Crippen molar-refractivity contribution in [2.45, 2.75) is 12.3 Å². The van der Waals surface area contributed by atoms with Crippen molar-refractivity contribution in [3.05, 3.63) is 35.4 Å². The van der Waals surface area contributed by atoms with Crippen molar-refractivity contribution >= 4 is 12.1 Å². The first-order valence-electron chi connectivity index (χ1n) is 7.54. The molecule has 1 aromatic carbocycles. The van der Waals surface area contributed by atoms with Gasteiger partial charge >= 0.3 is 12.1 Å². The SMILES string of the molecule is CN1NC(c2cccc(C3NN(C)C(=O)N(C)N3)c2)NN(C)C1=O. The van der Waals surface area contributed by atoms with E-state index in [-0.39, 0.29) is 24.4 Å². The molecule has 0 bridgehead atoms. The second-order valence-corrected chi connectivity index (χ2v) is 5.85. The minimum Gasteiger partial charge on any atom is -0.260 e. The zero-order chi connectivity index (χ0) is 17.4. The zero-order valence-corrected chi connectivity index (χ0v) is 14.1. The van der Waals surface area contributed by atoms with Crippen LogP contribution in [0.4, 0.5) is 9.59 Å². The Balaban J connectivity index is 1.80. The molecule has 0 radical (unpaired) electrons. The second kappa shape index (κ2) is 6.24. The molecule has 130 valence electrons. The Morgan fingerprint density at radius 3 is 1.38 bits per heavy atom. The van der Waals surface area contributed by atoms with Gasteiger partial charge in [-0.05, 0) is 17.2 Å². The molecule has 1 aromatic rings. The maximum atomic E-state index is 11.8. The van der Waals surface area contributed by atoms with Gasteiger partial charge in [-0.1, -0.05) is 18.2 Å². The molecule has 2 fully saturated rings. The summed E-state index contributed by atoms with van der Waals surface area (Å²) in [5.41, 5.74) is 14.3. The molecular weight excluding hydrogens is 312 g/mol. The molecule has 10 heteroatoms. The van der Waals surface area contributed by atoms with Crippen LogP contribution in [0, 0.1) is 0 Å². The summed E-state index contributed by atoms with van der Waals surface area (Å²) in [5, 5.41) is 5.74. The van der Waals surface area contributed by atoms with Crippen molar-refractivity contribution in [1.82, 2.24) is 41.7 Å². The lowest BCUT2D eigenvalue weighted by Gasteiger charge is -2.39. The summed E-state index contributed by atoms with van der Waals surface area (Å²) in [6.07, 6.45) is -0.475. The standard InChI is InChI=1S/C14H22N8O2/c1-19-13(23)20(2)16-11(15-19)9-6-5-7-10(8-9)12-17-21(3)14(24)22(4)18-12/h5-8,11-12,15-18H,1-4H3. The lowest BCUT2D eigenvalue weighted by molar-refractivity contribution is 0.0559. The molecule has 3 rings (SSSR count). The van der Waals surface area contributed by atoms with E-state index >= 15 is 0 Å². The molecule has 2 aliphatic rings. The van der Waals surface area contributed by atoms with Crippen LogP contribution in [0.25, 0.3) is 0 Å². The minimum absolute atomic E-state index is 0.167. The number of carbonyl (C=O) groups excluding carboxylic acids is 2. The molecule has 0 aromatic heterocycles. The maximum absolute atomic E-state index is 11.8. The van der Waals surface area contributed by atoms with Crippen LogP contribution in [0.3, 0.4) is 0 Å². The topological polar surface area (TPSA) is 95.2 Å². The van der Waals surface area contributed by atoms with Crippen LogP contribution in [0.2, 0.25) is 0 Å². The smallest absolute Gasteiger partial charge is 0.260 e. The number of nitrogens with zero attached hydrogens (tertiary/aromatic N) is 4. The van der Waals surface area contributed by atoms with Crippen molar-refractivity contribution < 1.29 is 9.59 Å². The molecular formula is C14H22N8O2. The Morgan fingerprint density at radius 1 is 0.708 bits per heavy atom. The van der Waals surface area contributed by atoms with E-state index in [0.717, 1.165) is 11.1 Å². The van der Waals surface area contributed by atoms with Crippen LogP contribution in [0.5, 0.6) is 0 Å². The number of hydrogen-bond donors (Lipinski definition) is 4. The molecule has 4 N–H and O–H groups in total. The van der Waals surface area contributed by atoms with Crippen molar-refractivity contribution in [2.24, 2.45) is 0 Å². The Labute approximate surface area is 140 Å². The highest BCUT2D eigenvalue weighted by Gasteiger charge is 2.29. The van der Waals surface area contributed by atoms with Crippen LogP contribution in [0.15, 0.2) is 24.3 Å². The monoisotopic (exact) mass is 334 g/mol. The molecule has 0 aliphatic carbocycles. The van der Waals surface area contributed by atoms with E-state index in [9.17, 15) is 9.59 Å². The molecule has 24 heavy (non-hydrogen) atoms. The third kappa shape index (κ3) is 2.99. The Morgan fingerprint density at radius 2 is 1.04 bits per heavy atom. The van der Waals surface area contributed by atoms with E-state index in [1.54, 1.807) is 28.2 Å². The van der Waals surface area contributed by atoms with Crippen LogP contribution in [-0.2, 0) is 0 Å². The Hall–Kier alpha value is -2.40. The number of amides is 4. The van der Waals surface area contributed by atoms with Crippen molar-refractivity contribution in [2.75, 3.05) is 28.2 Å². The van der Waals surface area contributed by atoms with Gasteiger partial charge in [0.2, 0.25) is 0 Å². The molecule has 0 saturated carbocycles. The van der Waals surface area contributed by atoms with Gasteiger partial charge in [-0.3, -0.25) is 20.0 Å². The highest BCUT2D eigenvalue weighted by atomic mass is 16.2. The van der Waals surface area contributed by atoms with Gasteiger partial charge in [0.25, 0.3) is 0 Å². The van der Waals surface area contributed by atoms with Crippen LogP contribution in [0.1, 0.15) is 23.5 Å². The maximum Gasteiger partial charge on any atom is 0.348 e. The minimum atomic E-state index is -0.238. The van der Waals surface area contributed by atoms with Crippen LogP contribution >= 0.6 is 0 Å². The van der Waals surface area contributed by atoms with Gasteiger partial charge in [-0.2, -0.15) is 0 Å². The number of carbonyl (C=O) groups is 2. The fraction of sp³-hybridized carbons (Fsp3) is 0.429. The summed E-state index contributed by atoms with van der Waals surface area (Å²) in [6, 6.07) is 7.54. The lowest BCUT2D eigenvalue weighted by Crippen LogP contribution is -2.62. The predicted octanol–water partition coefficient (Wildman–Crippen LogP) is -0.303. The summed E-state index contributed by atoms with van der Waals surface area (Å²) in [5.74, 6) is 0. The average molecular weight is 334 g/mol. The van der Waals surface area contributed by atoms with Gasteiger partial charge in [-0.25, -0.2) is 31.3 Å². The first-order valence-corrected chi connectivity index (χ1v) is 7.54. The molecule has 4 amide bonds. The summed E-state index contributed by atoms with van der Waals surface area (Å²) in [4.78, 5) is 23.6. The molecule has 10 nitrogen and oxygen atoms in total. The van der Waals surface area contributed by atoms with Crippen LogP contribution < -0.4 is 21.7 Å². The van der Waals surface area contributed by atoms with Crippen molar-refractivity contribution in [3.63, 3.8) is 0 Å². The lowest BCUT2D eigenvalue weighted by atomic mass is 10.1. The van der Waals surface area contributed by atoms with E-state index in [2.05, 4.69) is 21.7 Å². The summed E-state index contributed by atoms with van der Waals surface area (Å²) >= 11 is 0. The first-order chi connectivity index (χ1) is 11.4. The number of hydrogen-bond acceptors (Lipinski definition) is 6. The Kier molecular flexibility index (Phi) is 4.28. The van der Waals surface area contributed by atoms with Gasteiger partial charge in [0.05, 0.1) is 0 Å². The summed E-state index contributed by atoms with van der Waals surface area (Å²) < 4.78 is 0. The molecule has 2 saturated heterocycles. The van der Waals surface area contributed by atoms with Crippen molar-refractivity contribution in [1.29, 1.82) is 0 Å². The Bertz CT molecular complexity index is 574. The van der Waals surface area contributed by atoms with Gasteiger partial charge in [0, 0.05) is 28.2 Å². The van der Waals surface area contributed by atoms with Gasteiger partial charge in [0.1, 0.15) is 12.3 Å². The fourth-order valence-electron chi connectivity index (χ4n) is 2.72. The predicted molar refractivity (Wildman–Crippen MR) is 86.3 cm³/mol. The number of benzene rings is 1. The highest BCUT2D eigenvalue weighted by Crippen LogP contribution is 2.21. The van der Waals surface area contributed by atoms with Crippen molar-refractivity contribution in [3.8, 4) is 0 Å². The van der Waals surface area contributed by atoms with E-state index < -0.39 is 0 Å². The molecule has 0 unspecified atom stereocenters. The number of urea groups is 2. The summed E-state index contributed by atoms with van der Waals surface area (Å²) in [7, 11) is 6.71. The van der Waals surface area contributed by atoms with Gasteiger partial charge in [-0.15, -0.1) is 0 Å². The molecule has 2 aliphatic heterocycles. The van der Waals surface area contributed by atoms with Gasteiger partial charge in [0.15, 0.2) is 0 Å². The number of rotatable bonds is 2. The third-order valence-electron chi connectivity index (χ3n) is 4.02. The number of nitrogens with one attached hydrogen (secondary N) is 4. The third-order valence-corrected chi connectivity index (χ3v) is 4.02. The summed E-state index contributed by atoms with van der Waals surface area (Å²) in [6.45, 7) is 0. The average Bonchev–Trinajstić information content (AvgIpc) is 2.56. The van der Waals surface area contributed by atoms with E-state index in [4.69, 9.17) is 0 Å². The molecule has 0 atom stereocenters. The first kappa shape index (κ1) is 16.5. The largest absolute Gasteiger partial charge is 0.348 e. The van der Waals surface area contributed by atoms with E-state index in [1.807, 2.05) is 24.3 Å². The zero-order valence-electron chi connectivity index (χ0n) is 14.1. The highest BCUT2D eigenvalue weighted by molar-refractivity contribution is 5.74. The van der Waals surface area contributed by atoms with Gasteiger partial charge < -0.3 is 0 Å². The normalized spacial score (nSPS) is 21.0. The molecule has 2 heterocycles. The number of hydrazine groups is 4. The second-order valence-electron chi connectivity index (χ2n) is 5.85. The fourth-order valence-corrected chi connectivity index (χ4v) is 2.72. The molecule has 0 spiro atoms.